The van der Waals surface area contributed by atoms with E-state index < -0.39 is 24.9 Å². The second kappa shape index (κ2) is 9.29. The molecule has 1 aromatic rings. The molecule has 0 aliphatic carbocycles. The van der Waals surface area contributed by atoms with Crippen LogP contribution in [0.5, 0.6) is 0 Å². The maximum atomic E-state index is 12.1. The standard InChI is InChI=1S/C17H23F3N2O3/c1-4-12(3)14(22-16(24)25-10-17(18,19)20)9-21-15(23)13-7-5-11(2)6-8-13/h5-8,12,14H,4,9-10H2,1-3H3,(H,21,23)(H,22,24)/t12-,14+/m0/s1. The molecule has 0 spiro atoms. The van der Waals surface area contributed by atoms with E-state index in [0.717, 1.165) is 5.56 Å². The van der Waals surface area contributed by atoms with Gasteiger partial charge in [0.1, 0.15) is 0 Å². The fourth-order valence-corrected chi connectivity index (χ4v) is 2.03. The minimum atomic E-state index is -4.58. The molecule has 0 heterocycles. The van der Waals surface area contributed by atoms with Crippen molar-refractivity contribution in [2.75, 3.05) is 13.2 Å². The van der Waals surface area contributed by atoms with Gasteiger partial charge >= 0.3 is 12.3 Å². The topological polar surface area (TPSA) is 67.4 Å². The highest BCUT2D eigenvalue weighted by Gasteiger charge is 2.30. The van der Waals surface area contributed by atoms with Gasteiger partial charge in [-0.15, -0.1) is 0 Å². The number of hydrogen-bond acceptors (Lipinski definition) is 3. The van der Waals surface area contributed by atoms with Crippen molar-refractivity contribution in [2.24, 2.45) is 5.92 Å². The monoisotopic (exact) mass is 360 g/mol. The van der Waals surface area contributed by atoms with Gasteiger partial charge in [-0.1, -0.05) is 38.0 Å². The van der Waals surface area contributed by atoms with E-state index in [1.54, 1.807) is 24.3 Å². The summed E-state index contributed by atoms with van der Waals surface area (Å²) in [5.41, 5.74) is 1.48. The summed E-state index contributed by atoms with van der Waals surface area (Å²) in [6.07, 6.45) is -5.07. The number of carbonyl (C=O) groups is 2. The highest BCUT2D eigenvalue weighted by molar-refractivity contribution is 5.94. The van der Waals surface area contributed by atoms with Gasteiger partial charge in [0.15, 0.2) is 6.61 Å². The van der Waals surface area contributed by atoms with Crippen LogP contribution in [0.2, 0.25) is 0 Å². The zero-order valence-corrected chi connectivity index (χ0v) is 14.4. The van der Waals surface area contributed by atoms with Crippen molar-refractivity contribution in [1.82, 2.24) is 10.6 Å². The molecule has 0 fully saturated rings. The Labute approximate surface area is 144 Å². The van der Waals surface area contributed by atoms with Crippen molar-refractivity contribution in [2.45, 2.75) is 39.4 Å². The summed E-state index contributed by atoms with van der Waals surface area (Å²) in [4.78, 5) is 23.6. The quantitative estimate of drug-likeness (QED) is 0.783. The molecule has 0 radical (unpaired) electrons. The summed E-state index contributed by atoms with van der Waals surface area (Å²) in [6.45, 7) is 4.04. The number of nitrogens with one attached hydrogen (secondary N) is 2. The van der Waals surface area contributed by atoms with Crippen LogP contribution in [-0.4, -0.2) is 37.4 Å². The SMILES string of the molecule is CC[C@H](C)[C@@H](CNC(=O)c1ccc(C)cc1)NC(=O)OCC(F)(F)F. The zero-order valence-electron chi connectivity index (χ0n) is 14.4. The number of aryl methyl sites for hydroxylation is 1. The fraction of sp³-hybridized carbons (Fsp3) is 0.529. The van der Waals surface area contributed by atoms with Crippen molar-refractivity contribution in [1.29, 1.82) is 0 Å². The molecule has 0 aliphatic rings. The Kier molecular flexibility index (Phi) is 7.73. The lowest BCUT2D eigenvalue weighted by molar-refractivity contribution is -0.160. The van der Waals surface area contributed by atoms with E-state index in [9.17, 15) is 22.8 Å². The molecule has 0 saturated carbocycles. The summed E-state index contributed by atoms with van der Waals surface area (Å²) in [6, 6.07) is 6.41. The first-order valence-corrected chi connectivity index (χ1v) is 7.97. The summed E-state index contributed by atoms with van der Waals surface area (Å²) in [5, 5.41) is 5.06. The first kappa shape index (κ1) is 20.8. The molecular weight excluding hydrogens is 337 g/mol. The Morgan fingerprint density at radius 2 is 1.80 bits per heavy atom. The average Bonchev–Trinajstić information content (AvgIpc) is 2.55. The molecule has 0 saturated heterocycles. The van der Waals surface area contributed by atoms with E-state index in [2.05, 4.69) is 15.4 Å². The summed E-state index contributed by atoms with van der Waals surface area (Å²) in [5.74, 6) is -0.379. The minimum absolute atomic E-state index is 0.0586. The number of rotatable bonds is 7. The molecular formula is C17H23F3N2O3. The van der Waals surface area contributed by atoms with Gasteiger partial charge in [-0.2, -0.15) is 13.2 Å². The Hall–Kier alpha value is -2.25. The van der Waals surface area contributed by atoms with Crippen LogP contribution in [0.25, 0.3) is 0 Å². The number of halogens is 3. The predicted octanol–water partition coefficient (Wildman–Crippen LogP) is 3.43. The van der Waals surface area contributed by atoms with Gasteiger partial charge in [0.25, 0.3) is 5.91 Å². The van der Waals surface area contributed by atoms with E-state index >= 15 is 0 Å². The molecule has 2 N–H and O–H groups in total. The third-order valence-electron chi connectivity index (χ3n) is 3.80. The Morgan fingerprint density at radius 3 is 2.32 bits per heavy atom. The van der Waals surface area contributed by atoms with Gasteiger partial charge in [-0.05, 0) is 25.0 Å². The van der Waals surface area contributed by atoms with E-state index in [1.807, 2.05) is 20.8 Å². The number of benzene rings is 1. The van der Waals surface area contributed by atoms with Gasteiger partial charge in [0.2, 0.25) is 0 Å². The van der Waals surface area contributed by atoms with Gasteiger partial charge in [-0.25, -0.2) is 4.79 Å². The molecule has 8 heteroatoms. The first-order valence-electron chi connectivity index (χ1n) is 7.97. The maximum Gasteiger partial charge on any atom is 0.422 e. The number of ether oxygens (including phenoxy) is 1. The van der Waals surface area contributed by atoms with Crippen molar-refractivity contribution < 1.29 is 27.5 Å². The molecule has 140 valence electrons. The van der Waals surface area contributed by atoms with E-state index in [1.165, 1.54) is 0 Å². The van der Waals surface area contributed by atoms with Crippen LogP contribution >= 0.6 is 0 Å². The molecule has 5 nitrogen and oxygen atoms in total. The van der Waals surface area contributed by atoms with E-state index in [0.29, 0.717) is 12.0 Å². The lowest BCUT2D eigenvalue weighted by Crippen LogP contribution is -2.47. The number of carbonyl (C=O) groups excluding carboxylic acids is 2. The smallest absolute Gasteiger partial charge is 0.422 e. The molecule has 2 atom stereocenters. The van der Waals surface area contributed by atoms with Crippen molar-refractivity contribution in [3.05, 3.63) is 35.4 Å². The second-order valence-electron chi connectivity index (χ2n) is 5.90. The van der Waals surface area contributed by atoms with Crippen LogP contribution in [0.15, 0.2) is 24.3 Å². The maximum absolute atomic E-state index is 12.1. The Morgan fingerprint density at radius 1 is 1.20 bits per heavy atom. The molecule has 1 aromatic carbocycles. The zero-order chi connectivity index (χ0) is 19.0. The highest BCUT2D eigenvalue weighted by Crippen LogP contribution is 2.15. The van der Waals surface area contributed by atoms with Crippen LogP contribution < -0.4 is 10.6 Å². The molecule has 25 heavy (non-hydrogen) atoms. The Bertz CT molecular complexity index is 573. The third-order valence-corrected chi connectivity index (χ3v) is 3.80. The van der Waals surface area contributed by atoms with Crippen LogP contribution in [0.4, 0.5) is 18.0 Å². The minimum Gasteiger partial charge on any atom is -0.440 e. The van der Waals surface area contributed by atoms with Gasteiger partial charge in [-0.3, -0.25) is 4.79 Å². The van der Waals surface area contributed by atoms with E-state index in [-0.39, 0.29) is 18.4 Å². The number of alkyl carbamates (subject to hydrolysis) is 1. The highest BCUT2D eigenvalue weighted by atomic mass is 19.4. The van der Waals surface area contributed by atoms with Gasteiger partial charge in [0.05, 0.1) is 6.04 Å². The number of amides is 2. The lowest BCUT2D eigenvalue weighted by atomic mass is 9.99. The van der Waals surface area contributed by atoms with E-state index in [4.69, 9.17) is 0 Å². The largest absolute Gasteiger partial charge is 0.440 e. The number of alkyl halides is 3. The fourth-order valence-electron chi connectivity index (χ4n) is 2.03. The first-order chi connectivity index (χ1) is 11.6. The summed E-state index contributed by atoms with van der Waals surface area (Å²) >= 11 is 0. The van der Waals surface area contributed by atoms with Crippen molar-refractivity contribution in [3.8, 4) is 0 Å². The number of hydrogen-bond donors (Lipinski definition) is 2. The molecule has 1 rings (SSSR count). The molecule has 0 bridgehead atoms. The molecule has 0 unspecified atom stereocenters. The Balaban J connectivity index is 2.59. The third kappa shape index (κ3) is 7.91. The molecule has 0 aromatic heterocycles. The molecule has 2 amide bonds. The second-order valence-corrected chi connectivity index (χ2v) is 5.90. The van der Waals surface area contributed by atoms with Crippen LogP contribution in [-0.2, 0) is 4.74 Å². The lowest BCUT2D eigenvalue weighted by Gasteiger charge is -2.24. The summed E-state index contributed by atoms with van der Waals surface area (Å²) in [7, 11) is 0. The van der Waals surface area contributed by atoms with Crippen molar-refractivity contribution >= 4 is 12.0 Å². The van der Waals surface area contributed by atoms with Crippen LogP contribution in [0, 0.1) is 12.8 Å². The predicted molar refractivity (Wildman–Crippen MR) is 87.3 cm³/mol. The molecule has 0 aliphatic heterocycles. The van der Waals surface area contributed by atoms with Crippen LogP contribution in [0.3, 0.4) is 0 Å². The van der Waals surface area contributed by atoms with Crippen LogP contribution in [0.1, 0.15) is 36.2 Å². The normalized spacial score (nSPS) is 13.7. The van der Waals surface area contributed by atoms with Gasteiger partial charge in [0, 0.05) is 12.1 Å². The summed E-state index contributed by atoms with van der Waals surface area (Å²) < 4.78 is 40.4. The average molecular weight is 360 g/mol. The van der Waals surface area contributed by atoms with Gasteiger partial charge < -0.3 is 15.4 Å². The van der Waals surface area contributed by atoms with Crippen molar-refractivity contribution in [3.63, 3.8) is 0 Å².